The molecule has 21 heavy (non-hydrogen) atoms. The molecule has 0 aliphatic carbocycles. The Labute approximate surface area is 122 Å². The van der Waals surface area contributed by atoms with E-state index < -0.39 is 0 Å². The van der Waals surface area contributed by atoms with E-state index in [0.717, 1.165) is 23.2 Å². The molecule has 3 rings (SSSR count). The Morgan fingerprint density at radius 3 is 2.71 bits per heavy atom. The third-order valence-corrected chi connectivity index (χ3v) is 3.70. The summed E-state index contributed by atoms with van der Waals surface area (Å²) in [5.74, 6) is -0.331. The van der Waals surface area contributed by atoms with Crippen molar-refractivity contribution in [2.24, 2.45) is 0 Å². The highest BCUT2D eigenvalue weighted by molar-refractivity contribution is 6.03. The van der Waals surface area contributed by atoms with Crippen LogP contribution in [0.2, 0.25) is 0 Å². The lowest BCUT2D eigenvalue weighted by Crippen LogP contribution is -2.33. The minimum Gasteiger partial charge on any atom is -0.398 e. The minimum atomic E-state index is -0.331. The molecule has 0 saturated carbocycles. The highest BCUT2D eigenvalue weighted by Crippen LogP contribution is 2.32. The van der Waals surface area contributed by atoms with E-state index >= 15 is 0 Å². The molecule has 0 atom stereocenters. The van der Waals surface area contributed by atoms with Gasteiger partial charge in [-0.05, 0) is 54.8 Å². The van der Waals surface area contributed by atoms with Crippen molar-refractivity contribution in [2.75, 3.05) is 22.5 Å². The number of fused-ring (bicyclic) bond motifs is 1. The Balaban J connectivity index is 1.82. The summed E-state index contributed by atoms with van der Waals surface area (Å²) in [6, 6.07) is 9.33. The number of hydrogen-bond donors (Lipinski definition) is 2. The van der Waals surface area contributed by atoms with Gasteiger partial charge in [-0.2, -0.15) is 0 Å². The first-order valence-electron chi connectivity index (χ1n) is 6.77. The van der Waals surface area contributed by atoms with E-state index in [0.29, 0.717) is 17.9 Å². The lowest BCUT2D eigenvalue weighted by Gasteiger charge is -2.19. The average molecular weight is 285 g/mol. The van der Waals surface area contributed by atoms with Crippen LogP contribution in [0.1, 0.15) is 11.1 Å². The zero-order chi connectivity index (χ0) is 15.0. The van der Waals surface area contributed by atoms with Gasteiger partial charge < -0.3 is 11.1 Å². The molecule has 2 amide bonds. The van der Waals surface area contributed by atoms with Crippen LogP contribution in [-0.4, -0.2) is 12.6 Å². The molecular formula is C16H16FN3O. The first-order valence-corrected chi connectivity index (χ1v) is 6.77. The Kier molecular flexibility index (Phi) is 3.25. The van der Waals surface area contributed by atoms with Crippen LogP contribution in [0.4, 0.5) is 26.2 Å². The zero-order valence-electron chi connectivity index (χ0n) is 11.7. The summed E-state index contributed by atoms with van der Waals surface area (Å²) < 4.78 is 12.9. The molecule has 1 aliphatic heterocycles. The number of anilines is 3. The molecule has 108 valence electrons. The summed E-state index contributed by atoms with van der Waals surface area (Å²) in [5, 5.41) is 2.77. The number of benzene rings is 2. The first kappa shape index (κ1) is 13.4. The average Bonchev–Trinajstić information content (AvgIpc) is 2.85. The summed E-state index contributed by atoms with van der Waals surface area (Å²) in [4.78, 5) is 14.0. The van der Waals surface area contributed by atoms with Crippen LogP contribution in [0.3, 0.4) is 0 Å². The number of nitrogens with two attached hydrogens (primary N) is 1. The van der Waals surface area contributed by atoms with Crippen molar-refractivity contribution in [3.8, 4) is 0 Å². The maximum absolute atomic E-state index is 12.9. The van der Waals surface area contributed by atoms with Crippen LogP contribution in [0.5, 0.6) is 0 Å². The molecule has 0 spiro atoms. The van der Waals surface area contributed by atoms with E-state index in [2.05, 4.69) is 5.32 Å². The molecule has 3 N–H and O–H groups in total. The van der Waals surface area contributed by atoms with Crippen LogP contribution in [0, 0.1) is 12.7 Å². The predicted octanol–water partition coefficient (Wildman–Crippen LogP) is 3.31. The highest BCUT2D eigenvalue weighted by Gasteiger charge is 2.25. The Hall–Kier alpha value is -2.56. The molecule has 0 aromatic heterocycles. The van der Waals surface area contributed by atoms with Crippen molar-refractivity contribution < 1.29 is 9.18 Å². The molecule has 0 unspecified atom stereocenters. The van der Waals surface area contributed by atoms with Crippen molar-refractivity contribution in [1.82, 2.24) is 0 Å². The van der Waals surface area contributed by atoms with Gasteiger partial charge in [0.25, 0.3) is 0 Å². The van der Waals surface area contributed by atoms with Gasteiger partial charge in [-0.3, -0.25) is 4.90 Å². The predicted molar refractivity (Wildman–Crippen MR) is 82.1 cm³/mol. The van der Waals surface area contributed by atoms with Crippen molar-refractivity contribution in [1.29, 1.82) is 0 Å². The summed E-state index contributed by atoms with van der Waals surface area (Å²) in [6.45, 7) is 2.57. The lowest BCUT2D eigenvalue weighted by atomic mass is 10.1. The highest BCUT2D eigenvalue weighted by atomic mass is 19.1. The van der Waals surface area contributed by atoms with Crippen molar-refractivity contribution in [3.05, 3.63) is 53.3 Å². The lowest BCUT2D eigenvalue weighted by molar-refractivity contribution is 0.257. The number of rotatable bonds is 1. The molecule has 4 nitrogen and oxygen atoms in total. The molecular weight excluding hydrogens is 269 g/mol. The van der Waals surface area contributed by atoms with Crippen molar-refractivity contribution >= 4 is 23.1 Å². The fraction of sp³-hybridized carbons (Fsp3) is 0.188. The molecule has 1 heterocycles. The topological polar surface area (TPSA) is 58.4 Å². The van der Waals surface area contributed by atoms with Crippen LogP contribution in [0.15, 0.2) is 36.4 Å². The number of carbonyl (C=O) groups is 1. The molecule has 2 aromatic carbocycles. The van der Waals surface area contributed by atoms with Crippen molar-refractivity contribution in [2.45, 2.75) is 13.3 Å². The fourth-order valence-electron chi connectivity index (χ4n) is 2.51. The minimum absolute atomic E-state index is 0.233. The van der Waals surface area contributed by atoms with Gasteiger partial charge in [0.15, 0.2) is 0 Å². The largest absolute Gasteiger partial charge is 0.398 e. The number of urea groups is 1. The fourth-order valence-corrected chi connectivity index (χ4v) is 2.51. The smallest absolute Gasteiger partial charge is 0.326 e. The molecule has 2 aromatic rings. The van der Waals surface area contributed by atoms with Gasteiger partial charge >= 0.3 is 6.03 Å². The summed E-state index contributed by atoms with van der Waals surface area (Å²) in [7, 11) is 0. The van der Waals surface area contributed by atoms with Gasteiger partial charge in [0.2, 0.25) is 0 Å². The SMILES string of the molecule is Cc1cc2c(cc1N)N(C(=O)Nc1ccc(F)cc1)CC2. The van der Waals surface area contributed by atoms with Gasteiger partial charge in [-0.25, -0.2) is 9.18 Å². The Morgan fingerprint density at radius 2 is 2.00 bits per heavy atom. The third kappa shape index (κ3) is 2.54. The number of halogens is 1. The normalized spacial score (nSPS) is 13.1. The van der Waals surface area contributed by atoms with Crippen LogP contribution < -0.4 is 16.0 Å². The quantitative estimate of drug-likeness (QED) is 0.790. The number of nitrogens with zero attached hydrogens (tertiary/aromatic N) is 1. The Morgan fingerprint density at radius 1 is 1.29 bits per heavy atom. The van der Waals surface area contributed by atoms with E-state index in [9.17, 15) is 9.18 Å². The van der Waals surface area contributed by atoms with Gasteiger partial charge in [0.1, 0.15) is 5.82 Å². The van der Waals surface area contributed by atoms with E-state index in [-0.39, 0.29) is 11.8 Å². The Bertz CT molecular complexity index is 697. The van der Waals surface area contributed by atoms with Crippen LogP contribution in [-0.2, 0) is 6.42 Å². The number of aryl methyl sites for hydroxylation is 1. The van der Waals surface area contributed by atoms with E-state index in [1.165, 1.54) is 24.3 Å². The second-order valence-electron chi connectivity index (χ2n) is 5.18. The number of nitrogens with one attached hydrogen (secondary N) is 1. The molecule has 0 bridgehead atoms. The molecule has 0 radical (unpaired) electrons. The van der Waals surface area contributed by atoms with E-state index in [4.69, 9.17) is 5.73 Å². The van der Waals surface area contributed by atoms with Gasteiger partial charge in [-0.1, -0.05) is 6.07 Å². The van der Waals surface area contributed by atoms with E-state index in [1.807, 2.05) is 19.1 Å². The molecule has 5 heteroatoms. The maximum Gasteiger partial charge on any atom is 0.326 e. The van der Waals surface area contributed by atoms with Crippen LogP contribution in [0.25, 0.3) is 0 Å². The van der Waals surface area contributed by atoms with Gasteiger partial charge in [0.05, 0.1) is 5.69 Å². The summed E-state index contributed by atoms with van der Waals surface area (Å²) in [5.41, 5.74) is 10.2. The van der Waals surface area contributed by atoms with E-state index in [1.54, 1.807) is 4.90 Å². The second kappa shape index (κ2) is 5.09. The van der Waals surface area contributed by atoms with Crippen molar-refractivity contribution in [3.63, 3.8) is 0 Å². The number of carbonyl (C=O) groups excluding carboxylic acids is 1. The van der Waals surface area contributed by atoms with Gasteiger partial charge in [0, 0.05) is 17.9 Å². The van der Waals surface area contributed by atoms with Crippen LogP contribution >= 0.6 is 0 Å². The monoisotopic (exact) mass is 285 g/mol. The van der Waals surface area contributed by atoms with Gasteiger partial charge in [-0.15, -0.1) is 0 Å². The molecule has 0 fully saturated rings. The number of hydrogen-bond acceptors (Lipinski definition) is 2. The zero-order valence-corrected chi connectivity index (χ0v) is 11.7. The molecule has 1 aliphatic rings. The molecule has 0 saturated heterocycles. The maximum atomic E-state index is 12.9. The number of amides is 2. The summed E-state index contributed by atoms with van der Waals surface area (Å²) >= 11 is 0. The second-order valence-corrected chi connectivity index (χ2v) is 5.18. The first-order chi connectivity index (χ1) is 10.0. The number of nitrogen functional groups attached to an aromatic ring is 1. The standard InChI is InChI=1S/C16H16FN3O/c1-10-8-11-6-7-20(15(11)9-14(10)18)16(21)19-13-4-2-12(17)3-5-13/h2-5,8-9H,6-7,18H2,1H3,(H,19,21). The summed E-state index contributed by atoms with van der Waals surface area (Å²) in [6.07, 6.45) is 0.813. The third-order valence-electron chi connectivity index (χ3n) is 3.70.